The van der Waals surface area contributed by atoms with Gasteiger partial charge in [0.25, 0.3) is 5.56 Å². The molecule has 0 aliphatic carbocycles. The second kappa shape index (κ2) is 11.3. The molecule has 4 heterocycles. The van der Waals surface area contributed by atoms with E-state index in [1.54, 1.807) is 19.4 Å². The van der Waals surface area contributed by atoms with Gasteiger partial charge in [-0.05, 0) is 48.5 Å². The van der Waals surface area contributed by atoms with E-state index in [4.69, 9.17) is 4.74 Å². The Morgan fingerprint density at radius 2 is 1.72 bits per heavy atom. The highest BCUT2D eigenvalue weighted by Crippen LogP contribution is 2.39. The maximum Gasteiger partial charge on any atom is 0.274 e. The topological polar surface area (TPSA) is 101 Å². The molecule has 9 nitrogen and oxygen atoms in total. The zero-order valence-electron chi connectivity index (χ0n) is 23.5. The summed E-state index contributed by atoms with van der Waals surface area (Å²) in [6.45, 7) is 3.79. The average molecular weight is 606 g/mol. The van der Waals surface area contributed by atoms with Gasteiger partial charge in [0.2, 0.25) is 0 Å². The van der Waals surface area contributed by atoms with Crippen LogP contribution >= 0.6 is 0 Å². The Morgan fingerprint density at radius 1 is 0.953 bits per heavy atom. The molecule has 1 saturated heterocycles. The molecule has 12 heteroatoms. The van der Waals surface area contributed by atoms with Crippen LogP contribution in [0.3, 0.4) is 0 Å². The van der Waals surface area contributed by atoms with Crippen molar-refractivity contribution in [3.8, 4) is 22.6 Å². The zero-order chi connectivity index (χ0) is 30.3. The summed E-state index contributed by atoms with van der Waals surface area (Å²) in [6.07, 6.45) is 4.47. The van der Waals surface area contributed by atoms with Crippen LogP contribution in [0.25, 0.3) is 22.0 Å². The number of aromatic nitrogens is 3. The summed E-state index contributed by atoms with van der Waals surface area (Å²) in [7, 11) is -2.02. The number of hydrogen-bond acceptors (Lipinski definition) is 7. The molecule has 1 N–H and O–H groups in total. The lowest BCUT2D eigenvalue weighted by atomic mass is 10.0. The number of rotatable bonds is 7. The van der Waals surface area contributed by atoms with Crippen molar-refractivity contribution in [1.29, 1.82) is 0 Å². The van der Waals surface area contributed by atoms with Crippen LogP contribution in [0.1, 0.15) is 5.69 Å². The Hall–Kier alpha value is -4.55. The molecule has 0 spiro atoms. The van der Waals surface area contributed by atoms with Crippen LogP contribution in [0.4, 0.5) is 14.6 Å². The van der Waals surface area contributed by atoms with Gasteiger partial charge in [-0.1, -0.05) is 6.07 Å². The van der Waals surface area contributed by atoms with Crippen LogP contribution in [0.5, 0.6) is 11.5 Å². The van der Waals surface area contributed by atoms with E-state index >= 15 is 0 Å². The van der Waals surface area contributed by atoms with Crippen molar-refractivity contribution in [3.05, 3.63) is 101 Å². The van der Waals surface area contributed by atoms with Crippen LogP contribution < -0.4 is 15.2 Å². The van der Waals surface area contributed by atoms with Gasteiger partial charge in [0.05, 0.1) is 4.90 Å². The summed E-state index contributed by atoms with van der Waals surface area (Å²) in [5, 5.41) is 0.570. The fourth-order valence-electron chi connectivity index (χ4n) is 5.32. The van der Waals surface area contributed by atoms with Gasteiger partial charge in [-0.25, -0.2) is 22.2 Å². The first-order valence-electron chi connectivity index (χ1n) is 13.6. The highest BCUT2D eigenvalue weighted by molar-refractivity contribution is 7.90. The molecule has 43 heavy (non-hydrogen) atoms. The maximum atomic E-state index is 14.5. The summed E-state index contributed by atoms with van der Waals surface area (Å²) in [5.41, 5.74) is 1.77. The zero-order valence-corrected chi connectivity index (χ0v) is 24.4. The number of piperazine rings is 1. The smallest absolute Gasteiger partial charge is 0.274 e. The number of nitrogens with one attached hydrogen (secondary N) is 1. The summed E-state index contributed by atoms with van der Waals surface area (Å²) in [4.78, 5) is 25.4. The number of ether oxygens (including phenoxy) is 1. The lowest BCUT2D eigenvalue weighted by Crippen LogP contribution is -2.46. The van der Waals surface area contributed by atoms with Gasteiger partial charge in [0.15, 0.2) is 21.4 Å². The van der Waals surface area contributed by atoms with Crippen LogP contribution in [-0.2, 0) is 23.4 Å². The molecule has 0 radical (unpaired) electrons. The van der Waals surface area contributed by atoms with Crippen molar-refractivity contribution >= 4 is 26.6 Å². The monoisotopic (exact) mass is 605 g/mol. The van der Waals surface area contributed by atoms with Gasteiger partial charge in [0.1, 0.15) is 22.9 Å². The first-order chi connectivity index (χ1) is 20.6. The van der Waals surface area contributed by atoms with Crippen molar-refractivity contribution in [1.82, 2.24) is 19.4 Å². The molecule has 2 aromatic carbocycles. The Kier molecular flexibility index (Phi) is 7.49. The third kappa shape index (κ3) is 5.88. The fraction of sp³-hybridized carbons (Fsp3) is 0.226. The van der Waals surface area contributed by atoms with E-state index in [0.29, 0.717) is 34.6 Å². The number of H-pyrrole nitrogens is 1. The van der Waals surface area contributed by atoms with Crippen molar-refractivity contribution in [2.75, 3.05) is 37.3 Å². The van der Waals surface area contributed by atoms with Crippen molar-refractivity contribution in [2.24, 2.45) is 7.05 Å². The molecule has 3 aromatic heterocycles. The van der Waals surface area contributed by atoms with Crippen molar-refractivity contribution in [2.45, 2.75) is 11.4 Å². The van der Waals surface area contributed by atoms with Gasteiger partial charge >= 0.3 is 0 Å². The van der Waals surface area contributed by atoms with E-state index in [-0.39, 0.29) is 22.0 Å². The molecule has 0 unspecified atom stereocenters. The van der Waals surface area contributed by atoms with E-state index in [1.807, 2.05) is 24.3 Å². The second-order valence-corrected chi connectivity index (χ2v) is 12.6. The van der Waals surface area contributed by atoms with Crippen LogP contribution in [0.2, 0.25) is 0 Å². The minimum absolute atomic E-state index is 0.0259. The molecule has 5 aromatic rings. The molecule has 0 amide bonds. The van der Waals surface area contributed by atoms with Gasteiger partial charge in [-0.3, -0.25) is 9.69 Å². The van der Waals surface area contributed by atoms with E-state index in [9.17, 15) is 22.0 Å². The van der Waals surface area contributed by atoms with Gasteiger partial charge in [-0.15, -0.1) is 0 Å². The standard InChI is InChI=1S/C31H29F2N5O4S/c1-36-19-25(23-17-22(43(2,40)41)7-9-27(23)42-28-8-6-20(32)15-26(28)33)24-16-21(35-30(24)31(36)39)18-37-11-13-38(14-12-37)29-5-3-4-10-34-29/h3-10,15-17,19,35H,11-14,18H2,1-2H3. The van der Waals surface area contributed by atoms with E-state index in [0.717, 1.165) is 56.1 Å². The third-order valence-corrected chi connectivity index (χ3v) is 8.65. The van der Waals surface area contributed by atoms with Gasteiger partial charge < -0.3 is 19.2 Å². The number of sulfone groups is 1. The van der Waals surface area contributed by atoms with E-state index in [2.05, 4.69) is 19.8 Å². The molecule has 222 valence electrons. The van der Waals surface area contributed by atoms with Crippen LogP contribution in [-0.4, -0.2) is 60.3 Å². The predicted octanol–water partition coefficient (Wildman–Crippen LogP) is 4.72. The summed E-state index contributed by atoms with van der Waals surface area (Å²) >= 11 is 0. The van der Waals surface area contributed by atoms with Crippen LogP contribution in [0, 0.1) is 11.6 Å². The van der Waals surface area contributed by atoms with E-state index < -0.39 is 21.5 Å². The Bertz CT molecular complexity index is 1990. The normalized spacial score (nSPS) is 14.4. The summed E-state index contributed by atoms with van der Waals surface area (Å²) in [6, 6.07) is 14.9. The average Bonchev–Trinajstić information content (AvgIpc) is 3.41. The Morgan fingerprint density at radius 3 is 2.42 bits per heavy atom. The number of pyridine rings is 2. The molecule has 0 saturated carbocycles. The molecule has 1 fully saturated rings. The minimum atomic E-state index is -3.62. The number of aryl methyl sites for hydroxylation is 1. The molecule has 0 bridgehead atoms. The maximum absolute atomic E-state index is 14.5. The number of anilines is 1. The Labute approximate surface area is 246 Å². The number of aromatic amines is 1. The predicted molar refractivity (Wildman–Crippen MR) is 160 cm³/mol. The largest absolute Gasteiger partial charge is 0.454 e. The van der Waals surface area contributed by atoms with Crippen LogP contribution in [0.15, 0.2) is 82.7 Å². The number of halogens is 2. The van der Waals surface area contributed by atoms with Gasteiger partial charge in [0, 0.05) is 86.7 Å². The Balaban J connectivity index is 1.37. The molecule has 1 aliphatic heterocycles. The summed E-state index contributed by atoms with van der Waals surface area (Å²) in [5.74, 6) is -0.802. The van der Waals surface area contributed by atoms with E-state index in [1.165, 1.54) is 22.8 Å². The number of fused-ring (bicyclic) bond motifs is 1. The minimum Gasteiger partial charge on any atom is -0.454 e. The number of hydrogen-bond donors (Lipinski definition) is 1. The number of benzene rings is 2. The molecule has 1 aliphatic rings. The first kappa shape index (κ1) is 28.6. The van der Waals surface area contributed by atoms with Gasteiger partial charge in [-0.2, -0.15) is 0 Å². The highest BCUT2D eigenvalue weighted by atomic mass is 32.2. The fourth-order valence-corrected chi connectivity index (χ4v) is 5.97. The lowest BCUT2D eigenvalue weighted by molar-refractivity contribution is 0.247. The first-order valence-corrected chi connectivity index (χ1v) is 15.5. The molecule has 0 atom stereocenters. The third-order valence-electron chi connectivity index (χ3n) is 7.54. The van der Waals surface area contributed by atoms with Crippen molar-refractivity contribution < 1.29 is 21.9 Å². The molecular weight excluding hydrogens is 576 g/mol. The lowest BCUT2D eigenvalue weighted by Gasteiger charge is -2.35. The molecule has 6 rings (SSSR count). The quantitative estimate of drug-likeness (QED) is 0.287. The van der Waals surface area contributed by atoms with Crippen molar-refractivity contribution in [3.63, 3.8) is 0 Å². The SMILES string of the molecule is Cn1cc(-c2cc(S(C)(=O)=O)ccc2Oc2ccc(F)cc2F)c2cc(CN3CCN(c4ccccn4)CC3)[nH]c2c1=O. The molecular formula is C31H29F2N5O4S. The second-order valence-electron chi connectivity index (χ2n) is 10.6. The number of nitrogens with zero attached hydrogens (tertiary/aromatic N) is 4. The summed E-state index contributed by atoms with van der Waals surface area (Å²) < 4.78 is 60.3. The highest BCUT2D eigenvalue weighted by Gasteiger charge is 2.22.